The highest BCUT2D eigenvalue weighted by Crippen LogP contribution is 2.39. The minimum Gasteiger partial charge on any atom is -0.445 e. The average Bonchev–Trinajstić information content (AvgIpc) is 3.05. The van der Waals surface area contributed by atoms with E-state index in [1.54, 1.807) is 12.4 Å². The predicted octanol–water partition coefficient (Wildman–Crippen LogP) is 4.44. The SMILES string of the molecule is c1cc(Oc2nccs2)cc(-c2nc(Cc3cnc(C4CC4)o3)no2)c1. The summed E-state index contributed by atoms with van der Waals surface area (Å²) in [6, 6.07) is 7.47. The summed E-state index contributed by atoms with van der Waals surface area (Å²) in [5, 5.41) is 6.49. The molecule has 0 amide bonds. The van der Waals surface area contributed by atoms with E-state index in [4.69, 9.17) is 13.7 Å². The van der Waals surface area contributed by atoms with Crippen molar-refractivity contribution >= 4 is 11.3 Å². The number of benzene rings is 1. The van der Waals surface area contributed by atoms with Crippen molar-refractivity contribution in [2.24, 2.45) is 0 Å². The lowest BCUT2D eigenvalue weighted by Gasteiger charge is -2.02. The van der Waals surface area contributed by atoms with Crippen molar-refractivity contribution < 1.29 is 13.7 Å². The molecule has 0 saturated heterocycles. The zero-order chi connectivity index (χ0) is 17.3. The second-order valence-corrected chi connectivity index (χ2v) is 6.92. The average molecular weight is 366 g/mol. The normalized spacial score (nSPS) is 13.8. The monoisotopic (exact) mass is 366 g/mol. The number of thiazole rings is 1. The fourth-order valence-corrected chi connectivity index (χ4v) is 3.08. The van der Waals surface area contributed by atoms with Crippen molar-refractivity contribution in [1.82, 2.24) is 20.1 Å². The predicted molar refractivity (Wildman–Crippen MR) is 93.2 cm³/mol. The fourth-order valence-electron chi connectivity index (χ4n) is 2.58. The highest BCUT2D eigenvalue weighted by atomic mass is 32.1. The molecule has 130 valence electrons. The quantitative estimate of drug-likeness (QED) is 0.498. The Kier molecular flexibility index (Phi) is 3.75. The molecule has 26 heavy (non-hydrogen) atoms. The molecular weight excluding hydrogens is 352 g/mol. The van der Waals surface area contributed by atoms with Crippen LogP contribution in [0.4, 0.5) is 0 Å². The third-order valence-corrected chi connectivity index (χ3v) is 4.64. The van der Waals surface area contributed by atoms with Gasteiger partial charge in [0.25, 0.3) is 11.1 Å². The Balaban J connectivity index is 1.32. The molecule has 5 rings (SSSR count). The molecule has 0 spiro atoms. The van der Waals surface area contributed by atoms with Crippen LogP contribution in [0.15, 0.2) is 51.0 Å². The van der Waals surface area contributed by atoms with Gasteiger partial charge in [0.2, 0.25) is 0 Å². The lowest BCUT2D eigenvalue weighted by atomic mass is 10.2. The van der Waals surface area contributed by atoms with Crippen LogP contribution in [0, 0.1) is 0 Å². The third kappa shape index (κ3) is 3.23. The van der Waals surface area contributed by atoms with Crippen LogP contribution in [0.3, 0.4) is 0 Å². The van der Waals surface area contributed by atoms with Crippen LogP contribution in [0.25, 0.3) is 11.5 Å². The second kappa shape index (κ2) is 6.38. The molecule has 0 N–H and O–H groups in total. The molecule has 1 aromatic carbocycles. The number of rotatable bonds is 6. The maximum absolute atomic E-state index is 5.75. The van der Waals surface area contributed by atoms with Gasteiger partial charge >= 0.3 is 0 Å². The summed E-state index contributed by atoms with van der Waals surface area (Å²) in [4.78, 5) is 12.9. The lowest BCUT2D eigenvalue weighted by molar-refractivity contribution is 0.417. The van der Waals surface area contributed by atoms with Crippen molar-refractivity contribution in [2.45, 2.75) is 25.2 Å². The van der Waals surface area contributed by atoms with Gasteiger partial charge in [-0.15, -0.1) is 0 Å². The molecular formula is C18H14N4O3S. The number of oxazole rings is 1. The summed E-state index contributed by atoms with van der Waals surface area (Å²) in [5.74, 6) is 3.72. The van der Waals surface area contributed by atoms with Crippen molar-refractivity contribution in [3.05, 3.63) is 59.5 Å². The molecule has 0 atom stereocenters. The van der Waals surface area contributed by atoms with Crippen molar-refractivity contribution in [2.75, 3.05) is 0 Å². The van der Waals surface area contributed by atoms with Crippen molar-refractivity contribution in [3.63, 3.8) is 0 Å². The summed E-state index contributed by atoms with van der Waals surface area (Å²) in [6.45, 7) is 0. The number of aromatic nitrogens is 4. The van der Waals surface area contributed by atoms with Crippen molar-refractivity contribution in [1.29, 1.82) is 0 Å². The molecule has 4 aromatic rings. The first-order valence-corrected chi connectivity index (χ1v) is 9.16. The van der Waals surface area contributed by atoms with Crippen LogP contribution >= 0.6 is 11.3 Å². The molecule has 0 unspecified atom stereocenters. The Morgan fingerprint density at radius 2 is 2.19 bits per heavy atom. The molecule has 7 nitrogen and oxygen atoms in total. The number of nitrogens with zero attached hydrogens (tertiary/aromatic N) is 4. The maximum Gasteiger partial charge on any atom is 0.278 e. The number of hydrogen-bond donors (Lipinski definition) is 0. The van der Waals surface area contributed by atoms with E-state index in [9.17, 15) is 0 Å². The van der Waals surface area contributed by atoms with Gasteiger partial charge in [-0.1, -0.05) is 22.6 Å². The Labute approximate surface area is 152 Å². The Bertz CT molecular complexity index is 1020. The molecule has 1 saturated carbocycles. The lowest BCUT2D eigenvalue weighted by Crippen LogP contribution is -1.89. The van der Waals surface area contributed by atoms with Crippen molar-refractivity contribution in [3.8, 4) is 22.4 Å². The number of ether oxygens (including phenoxy) is 1. The maximum atomic E-state index is 5.75. The van der Waals surface area contributed by atoms with E-state index in [0.717, 1.165) is 30.1 Å². The van der Waals surface area contributed by atoms with Crippen LogP contribution in [-0.2, 0) is 6.42 Å². The molecule has 1 aliphatic rings. The van der Waals surface area contributed by atoms with E-state index in [1.807, 2.05) is 29.6 Å². The third-order valence-electron chi connectivity index (χ3n) is 3.99. The van der Waals surface area contributed by atoms with Gasteiger partial charge in [-0.05, 0) is 31.0 Å². The van der Waals surface area contributed by atoms with E-state index in [-0.39, 0.29) is 0 Å². The first kappa shape index (κ1) is 15.3. The highest BCUT2D eigenvalue weighted by molar-refractivity contribution is 7.11. The topological polar surface area (TPSA) is 87.1 Å². The van der Waals surface area contributed by atoms with Gasteiger partial charge in [0.05, 0.1) is 12.6 Å². The molecule has 0 radical (unpaired) electrons. The van der Waals surface area contributed by atoms with Gasteiger partial charge in [0.1, 0.15) is 11.5 Å². The summed E-state index contributed by atoms with van der Waals surface area (Å²) < 4.78 is 16.8. The van der Waals surface area contributed by atoms with Gasteiger partial charge in [0, 0.05) is 23.1 Å². The van der Waals surface area contributed by atoms with Gasteiger partial charge in [-0.3, -0.25) is 0 Å². The van der Waals surface area contributed by atoms with Crippen LogP contribution in [0.5, 0.6) is 10.9 Å². The smallest absolute Gasteiger partial charge is 0.278 e. The van der Waals surface area contributed by atoms with E-state index in [1.165, 1.54) is 11.3 Å². The molecule has 8 heteroatoms. The standard InChI is InChI=1S/C18H14N4O3S/c1-2-12(8-13(3-1)24-18-19-6-7-26-18)17-21-15(22-25-17)9-14-10-20-16(23-14)11-4-5-11/h1-3,6-8,10-11H,4-5,9H2. The van der Waals surface area contributed by atoms with Gasteiger partial charge < -0.3 is 13.7 Å². The second-order valence-electron chi connectivity index (χ2n) is 6.06. The molecule has 1 fully saturated rings. The summed E-state index contributed by atoms with van der Waals surface area (Å²) in [5.41, 5.74) is 0.786. The van der Waals surface area contributed by atoms with Gasteiger partial charge in [0.15, 0.2) is 11.7 Å². The summed E-state index contributed by atoms with van der Waals surface area (Å²) >= 11 is 1.43. The zero-order valence-electron chi connectivity index (χ0n) is 13.7. The van der Waals surface area contributed by atoms with Crippen LogP contribution in [0.1, 0.15) is 36.2 Å². The van der Waals surface area contributed by atoms with Crippen LogP contribution < -0.4 is 4.74 Å². The summed E-state index contributed by atoms with van der Waals surface area (Å²) in [7, 11) is 0. The molecule has 3 aromatic heterocycles. The minimum atomic E-state index is 0.437. The van der Waals surface area contributed by atoms with E-state index < -0.39 is 0 Å². The molecule has 0 bridgehead atoms. The molecule has 3 heterocycles. The van der Waals surface area contributed by atoms with E-state index in [0.29, 0.717) is 35.0 Å². The zero-order valence-corrected chi connectivity index (χ0v) is 14.5. The van der Waals surface area contributed by atoms with E-state index >= 15 is 0 Å². The van der Waals surface area contributed by atoms with Gasteiger partial charge in [-0.25, -0.2) is 9.97 Å². The largest absolute Gasteiger partial charge is 0.445 e. The fraction of sp³-hybridized carbons (Fsp3) is 0.222. The highest BCUT2D eigenvalue weighted by Gasteiger charge is 2.28. The van der Waals surface area contributed by atoms with Gasteiger partial charge in [-0.2, -0.15) is 4.98 Å². The summed E-state index contributed by atoms with van der Waals surface area (Å²) in [6.07, 6.45) is 6.22. The molecule has 1 aliphatic carbocycles. The Morgan fingerprint density at radius 3 is 3.04 bits per heavy atom. The van der Waals surface area contributed by atoms with Crippen LogP contribution in [-0.4, -0.2) is 20.1 Å². The first-order valence-electron chi connectivity index (χ1n) is 8.28. The number of hydrogen-bond acceptors (Lipinski definition) is 8. The Morgan fingerprint density at radius 1 is 1.23 bits per heavy atom. The minimum absolute atomic E-state index is 0.437. The van der Waals surface area contributed by atoms with E-state index in [2.05, 4.69) is 20.1 Å². The first-order chi connectivity index (χ1) is 12.8. The Hall–Kier alpha value is -3.00. The molecule has 0 aliphatic heterocycles. The van der Waals surface area contributed by atoms with Crippen LogP contribution in [0.2, 0.25) is 0 Å².